The van der Waals surface area contributed by atoms with Crippen LogP contribution >= 0.6 is 12.2 Å². The topological polar surface area (TPSA) is 61.8 Å². The first-order valence-corrected chi connectivity index (χ1v) is 9.62. The molecule has 1 heterocycles. The summed E-state index contributed by atoms with van der Waals surface area (Å²) >= 11 is 5.73. The number of ether oxygens (including phenoxy) is 1. The Bertz CT molecular complexity index is 450. The second-order valence-corrected chi connectivity index (χ2v) is 8.37. The van der Waals surface area contributed by atoms with E-state index >= 15 is 0 Å². The zero-order valence-corrected chi connectivity index (χ0v) is 16.0. The minimum Gasteiger partial charge on any atom is -0.444 e. The number of thiocarbonyl (C=S) groups is 1. The predicted octanol–water partition coefficient (Wildman–Crippen LogP) is 3.10. The lowest BCUT2D eigenvalue weighted by Crippen LogP contribution is -2.38. The third-order valence-electron chi connectivity index (χ3n) is 4.98. The number of carbonyl (C=O) groups excluding carboxylic acids is 1. The first-order valence-electron chi connectivity index (χ1n) is 9.21. The van der Waals surface area contributed by atoms with Crippen molar-refractivity contribution in [2.45, 2.75) is 70.9 Å². The van der Waals surface area contributed by atoms with Crippen LogP contribution in [-0.4, -0.2) is 52.4 Å². The molecule has 2 fully saturated rings. The fraction of sp³-hybridized carbons (Fsp3) is 0.889. The number of nitrogens with one attached hydrogen (secondary N) is 1. The molecule has 1 aliphatic heterocycles. The number of amides is 1. The molecular formula is C18H32N2O3S. The summed E-state index contributed by atoms with van der Waals surface area (Å²) in [6, 6.07) is 0.370. The minimum absolute atomic E-state index is 0.211. The highest BCUT2D eigenvalue weighted by Crippen LogP contribution is 2.43. The van der Waals surface area contributed by atoms with Gasteiger partial charge in [0.05, 0.1) is 4.99 Å². The van der Waals surface area contributed by atoms with E-state index in [0.717, 1.165) is 24.4 Å². The molecule has 1 amide bonds. The second-order valence-electron chi connectivity index (χ2n) is 7.95. The molecule has 2 N–H and O–H groups in total. The van der Waals surface area contributed by atoms with Crippen molar-refractivity contribution in [3.05, 3.63) is 0 Å². The molecule has 2 rings (SSSR count). The molecule has 1 aliphatic carbocycles. The van der Waals surface area contributed by atoms with Crippen LogP contribution in [0.1, 0.15) is 59.3 Å². The minimum atomic E-state index is -0.470. The molecule has 0 unspecified atom stereocenters. The summed E-state index contributed by atoms with van der Waals surface area (Å²) in [4.78, 5) is 15.1. The van der Waals surface area contributed by atoms with E-state index in [0.29, 0.717) is 24.4 Å². The molecule has 24 heavy (non-hydrogen) atoms. The van der Waals surface area contributed by atoms with E-state index in [1.54, 1.807) is 0 Å². The van der Waals surface area contributed by atoms with Crippen molar-refractivity contribution in [1.82, 2.24) is 10.2 Å². The third-order valence-corrected chi connectivity index (χ3v) is 5.52. The number of aliphatic hydroxyl groups excluding tert-OH is 1. The average Bonchev–Trinajstić information content (AvgIpc) is 2.76. The first-order chi connectivity index (χ1) is 11.3. The Morgan fingerprint density at radius 3 is 2.75 bits per heavy atom. The van der Waals surface area contributed by atoms with Gasteiger partial charge in [0, 0.05) is 31.7 Å². The lowest BCUT2D eigenvalue weighted by atomic mass is 9.78. The van der Waals surface area contributed by atoms with Gasteiger partial charge in [0.1, 0.15) is 5.60 Å². The van der Waals surface area contributed by atoms with Gasteiger partial charge in [-0.1, -0.05) is 25.1 Å². The molecule has 6 heteroatoms. The number of carbonyl (C=O) groups is 1. The summed E-state index contributed by atoms with van der Waals surface area (Å²) in [6.45, 7) is 7.20. The lowest BCUT2D eigenvalue weighted by molar-refractivity contribution is 0.0526. The molecule has 1 saturated heterocycles. The van der Waals surface area contributed by atoms with E-state index in [1.165, 1.54) is 25.7 Å². The van der Waals surface area contributed by atoms with E-state index in [-0.39, 0.29) is 12.7 Å². The molecule has 0 aromatic rings. The van der Waals surface area contributed by atoms with Crippen LogP contribution in [0.15, 0.2) is 0 Å². The molecule has 1 saturated carbocycles. The van der Waals surface area contributed by atoms with Crippen molar-refractivity contribution in [2.75, 3.05) is 19.7 Å². The van der Waals surface area contributed by atoms with Crippen molar-refractivity contribution in [3.8, 4) is 0 Å². The van der Waals surface area contributed by atoms with Crippen molar-refractivity contribution < 1.29 is 14.6 Å². The van der Waals surface area contributed by atoms with Crippen molar-refractivity contribution in [3.63, 3.8) is 0 Å². The highest BCUT2D eigenvalue weighted by atomic mass is 32.1. The maximum Gasteiger partial charge on any atom is 0.407 e. The van der Waals surface area contributed by atoms with Crippen LogP contribution in [0, 0.1) is 11.8 Å². The quantitative estimate of drug-likeness (QED) is 0.566. The molecule has 3 atom stereocenters. The molecule has 0 bridgehead atoms. The van der Waals surface area contributed by atoms with Crippen molar-refractivity contribution in [2.24, 2.45) is 11.8 Å². The Labute approximate surface area is 151 Å². The number of hydrogen-bond acceptors (Lipinski definition) is 4. The summed E-state index contributed by atoms with van der Waals surface area (Å²) in [5, 5.41) is 12.2. The van der Waals surface area contributed by atoms with Crippen LogP contribution in [0.2, 0.25) is 0 Å². The van der Waals surface area contributed by atoms with Gasteiger partial charge in [-0.3, -0.25) is 0 Å². The summed E-state index contributed by atoms with van der Waals surface area (Å²) in [5.41, 5.74) is -0.470. The zero-order valence-electron chi connectivity index (χ0n) is 15.2. The SMILES string of the molecule is CC(C)(C)OC(=O)NCCCN1C(=S)[C@H]2CCCC[C@H]2[C@@H]1CCO. The zero-order chi connectivity index (χ0) is 17.7. The summed E-state index contributed by atoms with van der Waals surface area (Å²) in [7, 11) is 0. The number of aliphatic hydroxyl groups is 1. The molecule has 0 aromatic heterocycles. The van der Waals surface area contributed by atoms with Crippen LogP contribution in [0.25, 0.3) is 0 Å². The summed E-state index contributed by atoms with van der Waals surface area (Å²) < 4.78 is 5.25. The number of likely N-dealkylation sites (tertiary alicyclic amines) is 1. The largest absolute Gasteiger partial charge is 0.444 e. The normalized spacial score (nSPS) is 27.1. The number of hydrogen-bond donors (Lipinski definition) is 2. The van der Waals surface area contributed by atoms with Crippen molar-refractivity contribution >= 4 is 23.3 Å². The average molecular weight is 357 g/mol. The maximum atomic E-state index is 11.7. The highest BCUT2D eigenvalue weighted by Gasteiger charge is 2.45. The van der Waals surface area contributed by atoms with Gasteiger partial charge in [0.15, 0.2) is 0 Å². The van der Waals surface area contributed by atoms with Crippen LogP contribution in [0.5, 0.6) is 0 Å². The van der Waals surface area contributed by atoms with Gasteiger partial charge < -0.3 is 20.1 Å². The van der Waals surface area contributed by atoms with E-state index < -0.39 is 5.60 Å². The molecule has 138 valence electrons. The summed E-state index contributed by atoms with van der Waals surface area (Å²) in [6.07, 6.45) is 6.22. The fourth-order valence-corrected chi connectivity index (χ4v) is 4.59. The molecule has 0 aromatic carbocycles. The van der Waals surface area contributed by atoms with E-state index in [4.69, 9.17) is 17.0 Å². The summed E-state index contributed by atoms with van der Waals surface area (Å²) in [5.74, 6) is 1.13. The van der Waals surface area contributed by atoms with Gasteiger partial charge in [-0.05, 0) is 52.4 Å². The standard InChI is InChI=1S/C18H32N2O3S/c1-18(2,3)23-17(22)19-10-6-11-20-15(9-12-21)13-7-4-5-8-14(13)16(20)24/h13-15,21H,4-12H2,1-3H3,(H,19,22)/t13-,14+,15+/m1/s1. The predicted molar refractivity (Wildman–Crippen MR) is 99.1 cm³/mol. The van der Waals surface area contributed by atoms with E-state index in [1.807, 2.05) is 20.8 Å². The van der Waals surface area contributed by atoms with Gasteiger partial charge in [-0.2, -0.15) is 0 Å². The number of alkyl carbamates (subject to hydrolysis) is 1. The Kier molecular flexibility index (Phi) is 6.87. The second kappa shape index (κ2) is 8.48. The molecular weight excluding hydrogens is 324 g/mol. The van der Waals surface area contributed by atoms with Gasteiger partial charge >= 0.3 is 6.09 Å². The first kappa shape index (κ1) is 19.4. The lowest BCUT2D eigenvalue weighted by Gasteiger charge is -2.30. The Morgan fingerprint density at radius 2 is 2.08 bits per heavy atom. The fourth-order valence-electron chi connectivity index (χ4n) is 4.07. The molecule has 0 spiro atoms. The van der Waals surface area contributed by atoms with Crippen molar-refractivity contribution in [1.29, 1.82) is 0 Å². The monoisotopic (exact) mass is 356 g/mol. The van der Waals surface area contributed by atoms with Gasteiger partial charge in [0.2, 0.25) is 0 Å². The Morgan fingerprint density at radius 1 is 1.38 bits per heavy atom. The third kappa shape index (κ3) is 5.06. The maximum absolute atomic E-state index is 11.7. The van der Waals surface area contributed by atoms with Crippen LogP contribution in [-0.2, 0) is 4.74 Å². The van der Waals surface area contributed by atoms with E-state index in [2.05, 4.69) is 10.2 Å². The smallest absolute Gasteiger partial charge is 0.407 e. The van der Waals surface area contributed by atoms with Crippen LogP contribution < -0.4 is 5.32 Å². The van der Waals surface area contributed by atoms with Gasteiger partial charge in [0.25, 0.3) is 0 Å². The van der Waals surface area contributed by atoms with Crippen LogP contribution in [0.4, 0.5) is 4.79 Å². The van der Waals surface area contributed by atoms with Gasteiger partial charge in [-0.25, -0.2) is 4.79 Å². The van der Waals surface area contributed by atoms with E-state index in [9.17, 15) is 9.90 Å². The van der Waals surface area contributed by atoms with Crippen LogP contribution in [0.3, 0.4) is 0 Å². The van der Waals surface area contributed by atoms with Gasteiger partial charge in [-0.15, -0.1) is 0 Å². The number of fused-ring (bicyclic) bond motifs is 1. The highest BCUT2D eigenvalue weighted by molar-refractivity contribution is 7.80. The molecule has 2 aliphatic rings. The number of nitrogens with zero attached hydrogens (tertiary/aromatic N) is 1. The Balaban J connectivity index is 1.82. The molecule has 0 radical (unpaired) electrons. The molecule has 5 nitrogen and oxygen atoms in total. The number of rotatable bonds is 6. The Hall–Kier alpha value is -0.880.